The first-order valence-corrected chi connectivity index (χ1v) is 11.3. The summed E-state index contributed by atoms with van der Waals surface area (Å²) in [6, 6.07) is 18.0. The van der Waals surface area contributed by atoms with Gasteiger partial charge in [0.05, 0.1) is 11.1 Å². The summed E-state index contributed by atoms with van der Waals surface area (Å²) in [4.78, 5) is 19.2. The van der Waals surface area contributed by atoms with E-state index in [1.54, 1.807) is 0 Å². The van der Waals surface area contributed by atoms with Crippen LogP contribution in [0.2, 0.25) is 0 Å². The minimum Gasteiger partial charge on any atom is -0.390 e. The maximum atomic E-state index is 12.8. The van der Waals surface area contributed by atoms with Crippen LogP contribution in [0.15, 0.2) is 60.8 Å². The minimum atomic E-state index is -0.598. The van der Waals surface area contributed by atoms with Crippen molar-refractivity contribution in [1.82, 2.24) is 9.88 Å². The lowest BCUT2D eigenvalue weighted by atomic mass is 9.87. The third-order valence-electron chi connectivity index (χ3n) is 6.27. The molecule has 162 valence electrons. The van der Waals surface area contributed by atoms with E-state index in [1.807, 2.05) is 41.4 Å². The first-order chi connectivity index (χ1) is 15.1. The van der Waals surface area contributed by atoms with Crippen molar-refractivity contribution in [3.8, 4) is 0 Å². The van der Waals surface area contributed by atoms with E-state index in [1.165, 1.54) is 5.56 Å². The second-order valence-corrected chi connectivity index (χ2v) is 8.51. The number of carbonyl (C=O) groups excluding carboxylic acids is 1. The average molecular weight is 418 g/mol. The number of anilines is 1. The number of fused-ring (bicyclic) bond motifs is 1. The van der Waals surface area contributed by atoms with Crippen molar-refractivity contribution in [2.24, 2.45) is 0 Å². The number of nitrogens with zero attached hydrogens (tertiary/aromatic N) is 2. The second-order valence-electron chi connectivity index (χ2n) is 8.51. The van der Waals surface area contributed by atoms with Crippen molar-refractivity contribution in [2.75, 3.05) is 25.0 Å². The third-order valence-corrected chi connectivity index (χ3v) is 6.27. The average Bonchev–Trinajstić information content (AvgIpc) is 2.80. The zero-order valence-electron chi connectivity index (χ0n) is 18.2. The largest absolute Gasteiger partial charge is 0.390 e. The van der Waals surface area contributed by atoms with E-state index >= 15 is 0 Å². The molecular weight excluding hydrogens is 386 g/mol. The molecule has 5 nitrogen and oxygen atoms in total. The molecule has 1 saturated heterocycles. The van der Waals surface area contributed by atoms with Crippen LogP contribution in [-0.2, 0) is 6.42 Å². The fraction of sp³-hybridized carbons (Fsp3) is 0.385. The van der Waals surface area contributed by atoms with Crippen LogP contribution in [0, 0.1) is 0 Å². The number of likely N-dealkylation sites (tertiary alicyclic amines) is 1. The zero-order valence-corrected chi connectivity index (χ0v) is 18.2. The molecule has 3 aromatic rings. The Kier molecular flexibility index (Phi) is 6.52. The molecule has 1 fully saturated rings. The highest BCUT2D eigenvalue weighted by Crippen LogP contribution is 2.27. The first-order valence-electron chi connectivity index (χ1n) is 11.3. The molecule has 31 heavy (non-hydrogen) atoms. The Bertz CT molecular complexity index is 1020. The minimum absolute atomic E-state index is 0.0481. The fourth-order valence-electron chi connectivity index (χ4n) is 4.47. The molecule has 1 aliphatic heterocycles. The van der Waals surface area contributed by atoms with Gasteiger partial charge < -0.3 is 15.3 Å². The molecular formula is C26H31N3O2. The summed E-state index contributed by atoms with van der Waals surface area (Å²) < 4.78 is 0. The zero-order chi connectivity index (χ0) is 21.7. The van der Waals surface area contributed by atoms with E-state index < -0.39 is 5.60 Å². The lowest BCUT2D eigenvalue weighted by Crippen LogP contribution is -2.46. The normalized spacial score (nSPS) is 15.7. The Morgan fingerprint density at radius 3 is 2.58 bits per heavy atom. The summed E-state index contributed by atoms with van der Waals surface area (Å²) in [7, 11) is 0. The van der Waals surface area contributed by atoms with Crippen molar-refractivity contribution in [3.05, 3.63) is 71.9 Å². The number of carbonyl (C=O) groups is 1. The van der Waals surface area contributed by atoms with Crippen molar-refractivity contribution in [1.29, 1.82) is 0 Å². The van der Waals surface area contributed by atoms with Crippen LogP contribution in [-0.4, -0.2) is 46.1 Å². The molecule has 0 saturated carbocycles. The summed E-state index contributed by atoms with van der Waals surface area (Å²) in [5, 5.41) is 15.2. The van der Waals surface area contributed by atoms with Gasteiger partial charge in [-0.2, -0.15) is 0 Å². The number of aliphatic hydroxyl groups is 1. The van der Waals surface area contributed by atoms with E-state index in [2.05, 4.69) is 41.5 Å². The summed E-state index contributed by atoms with van der Waals surface area (Å²) >= 11 is 0. The summed E-state index contributed by atoms with van der Waals surface area (Å²) in [6.45, 7) is 4.12. The summed E-state index contributed by atoms with van der Waals surface area (Å²) in [5.74, 6) is 0.0481. The molecule has 2 aromatic carbocycles. The highest BCUT2D eigenvalue weighted by Gasteiger charge is 2.33. The van der Waals surface area contributed by atoms with Gasteiger partial charge in [0.1, 0.15) is 0 Å². The van der Waals surface area contributed by atoms with Gasteiger partial charge in [-0.15, -0.1) is 0 Å². The number of pyridine rings is 1. The highest BCUT2D eigenvalue weighted by molar-refractivity contribution is 5.94. The number of para-hydroxylation sites is 1. The predicted molar refractivity (Wildman–Crippen MR) is 125 cm³/mol. The van der Waals surface area contributed by atoms with Gasteiger partial charge >= 0.3 is 0 Å². The van der Waals surface area contributed by atoms with Crippen LogP contribution in [0.1, 0.15) is 48.5 Å². The van der Waals surface area contributed by atoms with Gasteiger partial charge in [0.15, 0.2) is 0 Å². The van der Waals surface area contributed by atoms with E-state index in [9.17, 15) is 9.90 Å². The lowest BCUT2D eigenvalue weighted by molar-refractivity contribution is -0.0233. The topological polar surface area (TPSA) is 65.5 Å². The van der Waals surface area contributed by atoms with Crippen LogP contribution in [0.5, 0.6) is 0 Å². The second kappa shape index (κ2) is 9.48. The van der Waals surface area contributed by atoms with E-state index in [0.29, 0.717) is 31.5 Å². The van der Waals surface area contributed by atoms with E-state index in [-0.39, 0.29) is 5.91 Å². The first kappa shape index (κ1) is 21.3. The molecule has 0 atom stereocenters. The molecule has 0 radical (unpaired) electrons. The smallest absolute Gasteiger partial charge is 0.253 e. The molecule has 2 heterocycles. The number of piperidine rings is 1. The monoisotopic (exact) mass is 417 g/mol. The molecule has 0 unspecified atom stereocenters. The van der Waals surface area contributed by atoms with Gasteiger partial charge in [0, 0.05) is 42.5 Å². The van der Waals surface area contributed by atoms with Gasteiger partial charge in [-0.1, -0.05) is 37.6 Å². The van der Waals surface area contributed by atoms with Gasteiger partial charge in [-0.25, -0.2) is 0 Å². The maximum Gasteiger partial charge on any atom is 0.253 e. The quantitative estimate of drug-likeness (QED) is 0.587. The van der Waals surface area contributed by atoms with Gasteiger partial charge in [0.2, 0.25) is 0 Å². The van der Waals surface area contributed by atoms with Crippen molar-refractivity contribution in [3.63, 3.8) is 0 Å². The van der Waals surface area contributed by atoms with Gasteiger partial charge in [-0.05, 0) is 61.6 Å². The maximum absolute atomic E-state index is 12.8. The number of hydrogen-bond donors (Lipinski definition) is 2. The van der Waals surface area contributed by atoms with Crippen molar-refractivity contribution in [2.45, 2.75) is 44.6 Å². The fourth-order valence-corrected chi connectivity index (χ4v) is 4.47. The number of aromatic nitrogens is 1. The Hall–Kier alpha value is -2.92. The van der Waals surface area contributed by atoms with Crippen LogP contribution >= 0.6 is 0 Å². The molecule has 0 aliphatic carbocycles. The molecule has 1 aromatic heterocycles. The van der Waals surface area contributed by atoms with Crippen molar-refractivity contribution >= 4 is 22.5 Å². The van der Waals surface area contributed by atoms with E-state index in [0.717, 1.165) is 42.4 Å². The third kappa shape index (κ3) is 5.05. The predicted octanol–water partition coefficient (Wildman–Crippen LogP) is 4.66. The summed E-state index contributed by atoms with van der Waals surface area (Å²) in [6.07, 6.45) is 5.82. The molecule has 4 rings (SSSR count). The Balaban J connectivity index is 1.31. The SMILES string of the molecule is CCCC1(O)CCN(C(=O)c2ccc(NCCc3cccc4cccnc34)cc2)CC1. The highest BCUT2D eigenvalue weighted by atomic mass is 16.3. The molecule has 1 aliphatic rings. The number of nitrogens with one attached hydrogen (secondary N) is 1. The molecule has 0 spiro atoms. The van der Waals surface area contributed by atoms with Crippen LogP contribution in [0.4, 0.5) is 5.69 Å². The standard InChI is InChI=1S/C26H31N3O2/c1-2-13-26(31)14-18-29(19-15-26)25(30)22-8-10-23(11-9-22)27-17-12-21-6-3-5-20-7-4-16-28-24(20)21/h3-11,16,27,31H,2,12-15,17-19H2,1H3. The molecule has 0 bridgehead atoms. The van der Waals surface area contributed by atoms with Gasteiger partial charge in [0.25, 0.3) is 5.91 Å². The number of rotatable bonds is 7. The number of hydrogen-bond acceptors (Lipinski definition) is 4. The lowest BCUT2D eigenvalue weighted by Gasteiger charge is -2.38. The Labute approximate surface area is 184 Å². The molecule has 2 N–H and O–H groups in total. The van der Waals surface area contributed by atoms with Crippen LogP contribution < -0.4 is 5.32 Å². The van der Waals surface area contributed by atoms with Crippen LogP contribution in [0.3, 0.4) is 0 Å². The van der Waals surface area contributed by atoms with Gasteiger partial charge in [-0.3, -0.25) is 9.78 Å². The van der Waals surface area contributed by atoms with Crippen LogP contribution in [0.25, 0.3) is 10.9 Å². The summed E-state index contributed by atoms with van der Waals surface area (Å²) in [5.41, 5.74) is 3.38. The Morgan fingerprint density at radius 2 is 1.84 bits per heavy atom. The number of benzene rings is 2. The molecule has 1 amide bonds. The number of amides is 1. The van der Waals surface area contributed by atoms with E-state index in [4.69, 9.17) is 0 Å². The Morgan fingerprint density at radius 1 is 1.10 bits per heavy atom. The molecule has 5 heteroatoms. The van der Waals surface area contributed by atoms with Crippen molar-refractivity contribution < 1.29 is 9.90 Å².